The quantitative estimate of drug-likeness (QED) is 0.307. The van der Waals surface area contributed by atoms with E-state index in [2.05, 4.69) is 57.9 Å². The molecule has 1 aliphatic rings. The van der Waals surface area contributed by atoms with Gasteiger partial charge in [-0.05, 0) is 66.9 Å². The van der Waals surface area contributed by atoms with Crippen LogP contribution in [0.3, 0.4) is 0 Å². The van der Waals surface area contributed by atoms with Gasteiger partial charge in [0.05, 0.1) is 17.4 Å². The molecule has 4 aromatic heterocycles. The van der Waals surface area contributed by atoms with Crippen molar-refractivity contribution in [2.24, 2.45) is 5.92 Å². The summed E-state index contributed by atoms with van der Waals surface area (Å²) in [6, 6.07) is 15.1. The van der Waals surface area contributed by atoms with E-state index in [1.165, 1.54) is 6.07 Å². The van der Waals surface area contributed by atoms with Crippen molar-refractivity contribution < 1.29 is 4.39 Å². The molecule has 0 unspecified atom stereocenters. The molecule has 1 aliphatic heterocycles. The van der Waals surface area contributed by atoms with Gasteiger partial charge in [-0.1, -0.05) is 13.8 Å². The van der Waals surface area contributed by atoms with Crippen LogP contribution in [0.25, 0.3) is 38.9 Å². The van der Waals surface area contributed by atoms with Gasteiger partial charge in [0.2, 0.25) is 0 Å². The van der Waals surface area contributed by atoms with Crippen molar-refractivity contribution in [3.8, 4) is 22.4 Å². The van der Waals surface area contributed by atoms with Gasteiger partial charge in [-0.3, -0.25) is 14.3 Å². The van der Waals surface area contributed by atoms with Crippen molar-refractivity contribution in [1.82, 2.24) is 24.3 Å². The van der Waals surface area contributed by atoms with E-state index in [1.54, 1.807) is 12.1 Å². The number of imidazole rings is 1. The maximum absolute atomic E-state index is 14.1. The maximum atomic E-state index is 14.1. The highest BCUT2D eigenvalue weighted by molar-refractivity contribution is 5.94. The van der Waals surface area contributed by atoms with Crippen LogP contribution in [0.2, 0.25) is 0 Å². The van der Waals surface area contributed by atoms with Crippen molar-refractivity contribution in [3.63, 3.8) is 0 Å². The molecule has 6 rings (SSSR count). The van der Waals surface area contributed by atoms with Crippen LogP contribution in [0.4, 0.5) is 10.2 Å². The van der Waals surface area contributed by atoms with E-state index >= 15 is 0 Å². The van der Waals surface area contributed by atoms with Gasteiger partial charge in [-0.2, -0.15) is 0 Å². The predicted octanol–water partition coefficient (Wildman–Crippen LogP) is 5.84. The van der Waals surface area contributed by atoms with Crippen molar-refractivity contribution >= 4 is 22.4 Å². The van der Waals surface area contributed by atoms with E-state index in [1.807, 2.05) is 36.0 Å². The molecule has 0 N–H and O–H groups in total. The number of piperazine rings is 1. The van der Waals surface area contributed by atoms with Crippen LogP contribution in [0.1, 0.15) is 19.5 Å². The van der Waals surface area contributed by atoms with E-state index < -0.39 is 0 Å². The number of hydrogen-bond acceptors (Lipinski definition) is 5. The lowest BCUT2D eigenvalue weighted by Gasteiger charge is -2.36. The molecule has 5 heterocycles. The molecule has 1 aromatic carbocycles. The first-order chi connectivity index (χ1) is 17.9. The number of fused-ring (bicyclic) bond motifs is 2. The highest BCUT2D eigenvalue weighted by atomic mass is 19.1. The first kappa shape index (κ1) is 23.6. The van der Waals surface area contributed by atoms with Crippen LogP contribution in [0.5, 0.6) is 0 Å². The second-order valence-electron chi connectivity index (χ2n) is 10.3. The Kier molecular flexibility index (Phi) is 6.08. The van der Waals surface area contributed by atoms with Gasteiger partial charge < -0.3 is 4.90 Å². The third-order valence-corrected chi connectivity index (χ3v) is 7.09. The van der Waals surface area contributed by atoms with Gasteiger partial charge in [-0.15, -0.1) is 0 Å². The van der Waals surface area contributed by atoms with Crippen molar-refractivity contribution in [3.05, 3.63) is 78.6 Å². The third kappa shape index (κ3) is 4.67. The van der Waals surface area contributed by atoms with Gasteiger partial charge in [-0.25, -0.2) is 14.4 Å². The number of hydrogen-bond donors (Lipinski definition) is 0. The number of rotatable bonds is 5. The molecule has 0 spiro atoms. The summed E-state index contributed by atoms with van der Waals surface area (Å²) in [5, 5.41) is 0.779. The Balaban J connectivity index is 1.26. The van der Waals surface area contributed by atoms with E-state index in [9.17, 15) is 4.39 Å². The van der Waals surface area contributed by atoms with E-state index in [0.717, 1.165) is 83.2 Å². The Labute approximate surface area is 216 Å². The second kappa shape index (κ2) is 9.56. The van der Waals surface area contributed by atoms with Crippen LogP contribution in [-0.2, 0) is 0 Å². The summed E-state index contributed by atoms with van der Waals surface area (Å²) in [7, 11) is 0. The summed E-state index contributed by atoms with van der Waals surface area (Å²) in [4.78, 5) is 18.9. The van der Waals surface area contributed by atoms with E-state index in [-0.39, 0.29) is 5.82 Å². The summed E-state index contributed by atoms with van der Waals surface area (Å²) in [5.74, 6) is 1.46. The van der Waals surface area contributed by atoms with Gasteiger partial charge in [0.15, 0.2) is 0 Å². The lowest BCUT2D eigenvalue weighted by molar-refractivity contribution is 0.231. The molecule has 0 radical (unpaired) electrons. The van der Waals surface area contributed by atoms with Crippen LogP contribution >= 0.6 is 0 Å². The number of pyridine rings is 3. The predicted molar refractivity (Wildman–Crippen MR) is 147 cm³/mol. The lowest BCUT2D eigenvalue weighted by Crippen LogP contribution is -2.47. The normalized spacial score (nSPS) is 14.8. The van der Waals surface area contributed by atoms with Crippen LogP contribution in [-0.4, -0.2) is 57.0 Å². The average molecular weight is 495 g/mol. The van der Waals surface area contributed by atoms with E-state index in [4.69, 9.17) is 4.98 Å². The summed E-state index contributed by atoms with van der Waals surface area (Å²) in [6.45, 7) is 11.8. The number of anilines is 1. The molecule has 0 amide bonds. The fourth-order valence-corrected chi connectivity index (χ4v) is 5.32. The SMILES string of the molecule is Cc1cc(-c2cnc3cc(-c4ccc(N5CCN(CC(C)C)CC5)nc4)ccn23)c2cc(F)ccc2n1. The van der Waals surface area contributed by atoms with Crippen molar-refractivity contribution in [1.29, 1.82) is 0 Å². The number of aryl methyl sites for hydroxylation is 1. The molecule has 1 fully saturated rings. The number of nitrogens with zero attached hydrogens (tertiary/aromatic N) is 6. The van der Waals surface area contributed by atoms with Crippen LogP contribution < -0.4 is 4.90 Å². The molecule has 1 saturated heterocycles. The average Bonchev–Trinajstić information content (AvgIpc) is 3.32. The fraction of sp³-hybridized carbons (Fsp3) is 0.300. The molecular weight excluding hydrogens is 463 g/mol. The molecular formula is C30H31FN6. The minimum absolute atomic E-state index is 0.274. The molecule has 37 heavy (non-hydrogen) atoms. The zero-order valence-electron chi connectivity index (χ0n) is 21.5. The van der Waals surface area contributed by atoms with Crippen molar-refractivity contribution in [2.45, 2.75) is 20.8 Å². The summed E-state index contributed by atoms with van der Waals surface area (Å²) in [6.07, 6.45) is 5.82. The van der Waals surface area contributed by atoms with Crippen LogP contribution in [0.15, 0.2) is 67.1 Å². The highest BCUT2D eigenvalue weighted by Gasteiger charge is 2.19. The first-order valence-electron chi connectivity index (χ1n) is 12.9. The molecule has 6 nitrogen and oxygen atoms in total. The second-order valence-corrected chi connectivity index (χ2v) is 10.3. The van der Waals surface area contributed by atoms with Gasteiger partial charge >= 0.3 is 0 Å². The zero-order valence-corrected chi connectivity index (χ0v) is 21.5. The van der Waals surface area contributed by atoms with Gasteiger partial charge in [0.1, 0.15) is 17.3 Å². The maximum Gasteiger partial charge on any atom is 0.137 e. The summed E-state index contributed by atoms with van der Waals surface area (Å²) >= 11 is 0. The highest BCUT2D eigenvalue weighted by Crippen LogP contribution is 2.31. The largest absolute Gasteiger partial charge is 0.354 e. The van der Waals surface area contributed by atoms with Gasteiger partial charge in [0, 0.05) is 67.3 Å². The minimum atomic E-state index is -0.274. The molecule has 0 bridgehead atoms. The first-order valence-corrected chi connectivity index (χ1v) is 12.9. The lowest BCUT2D eigenvalue weighted by atomic mass is 10.0. The molecule has 5 aromatic rings. The van der Waals surface area contributed by atoms with Crippen molar-refractivity contribution in [2.75, 3.05) is 37.6 Å². The Bertz CT molecular complexity index is 1570. The number of benzene rings is 1. The topological polar surface area (TPSA) is 49.6 Å². The monoisotopic (exact) mass is 494 g/mol. The fourth-order valence-electron chi connectivity index (χ4n) is 5.32. The Morgan fingerprint density at radius 2 is 1.73 bits per heavy atom. The molecule has 0 atom stereocenters. The number of aromatic nitrogens is 4. The number of halogens is 1. The summed E-state index contributed by atoms with van der Waals surface area (Å²) < 4.78 is 16.1. The smallest absolute Gasteiger partial charge is 0.137 e. The Hall–Kier alpha value is -3.84. The minimum Gasteiger partial charge on any atom is -0.354 e. The standard InChI is InChI=1S/C30H31FN6/c1-20(2)19-35-10-12-36(13-11-35)29-7-4-23(17-32-29)22-8-9-37-28(18-33-30(37)15-22)26-14-21(3)34-27-6-5-24(31)16-25(26)27/h4-9,14-18,20H,10-13,19H2,1-3H3. The third-order valence-electron chi connectivity index (χ3n) is 7.09. The molecule has 7 heteroatoms. The van der Waals surface area contributed by atoms with Gasteiger partial charge in [0.25, 0.3) is 0 Å². The molecule has 188 valence electrons. The summed E-state index contributed by atoms with van der Waals surface area (Å²) in [5.41, 5.74) is 6.43. The molecule has 0 aliphatic carbocycles. The Morgan fingerprint density at radius 1 is 0.892 bits per heavy atom. The zero-order chi connectivity index (χ0) is 25.5. The molecule has 0 saturated carbocycles. The Morgan fingerprint density at radius 3 is 2.49 bits per heavy atom. The van der Waals surface area contributed by atoms with Crippen LogP contribution in [0, 0.1) is 18.7 Å². The van der Waals surface area contributed by atoms with E-state index in [0.29, 0.717) is 5.92 Å².